The molecule has 0 saturated carbocycles. The van der Waals surface area contributed by atoms with E-state index in [1.807, 2.05) is 20.8 Å². The first kappa shape index (κ1) is 18.3. The lowest BCUT2D eigenvalue weighted by Crippen LogP contribution is -2.39. The molecular formula is C14H24ClN5O2. The Morgan fingerprint density at radius 2 is 1.86 bits per heavy atom. The minimum absolute atomic E-state index is 0.113. The summed E-state index contributed by atoms with van der Waals surface area (Å²) in [7, 11) is 0. The number of nitrogens with two attached hydrogens (primary N) is 2. The van der Waals surface area contributed by atoms with E-state index in [1.54, 1.807) is 4.90 Å². The molecule has 0 radical (unpaired) electrons. The van der Waals surface area contributed by atoms with Crippen LogP contribution in [0.5, 0.6) is 0 Å². The van der Waals surface area contributed by atoms with Crippen LogP contribution in [0.15, 0.2) is 6.20 Å². The summed E-state index contributed by atoms with van der Waals surface area (Å²) in [5, 5.41) is 0.113. The van der Waals surface area contributed by atoms with Crippen LogP contribution in [0, 0.1) is 0 Å². The van der Waals surface area contributed by atoms with Crippen LogP contribution in [0.3, 0.4) is 0 Å². The third-order valence-electron chi connectivity index (χ3n) is 2.83. The minimum atomic E-state index is -0.367. The molecule has 1 aromatic heterocycles. The van der Waals surface area contributed by atoms with E-state index in [-0.39, 0.29) is 22.8 Å². The number of hydrogen-bond acceptors (Lipinski definition) is 6. The number of aromatic nitrogens is 2. The third-order valence-corrected chi connectivity index (χ3v) is 3.01. The molecule has 0 aromatic carbocycles. The smallest absolute Gasteiger partial charge is 0.410 e. The molecule has 124 valence electrons. The first-order chi connectivity index (χ1) is 10.2. The zero-order valence-electron chi connectivity index (χ0n) is 13.3. The second-order valence-corrected chi connectivity index (χ2v) is 6.35. The predicted molar refractivity (Wildman–Crippen MR) is 87.5 cm³/mol. The monoisotopic (exact) mass is 329 g/mol. The van der Waals surface area contributed by atoms with Gasteiger partial charge in [-0.1, -0.05) is 0 Å². The number of amides is 1. The number of nitrogens with zero attached hydrogens (tertiary/aromatic N) is 3. The van der Waals surface area contributed by atoms with Crippen molar-refractivity contribution < 1.29 is 9.53 Å². The first-order valence-corrected chi connectivity index (χ1v) is 7.58. The quantitative estimate of drug-likeness (QED) is 0.708. The largest absolute Gasteiger partial charge is 0.444 e. The van der Waals surface area contributed by atoms with Gasteiger partial charge in [0.1, 0.15) is 5.60 Å². The van der Waals surface area contributed by atoms with Crippen molar-refractivity contribution in [1.82, 2.24) is 14.9 Å². The molecule has 7 nitrogen and oxygen atoms in total. The van der Waals surface area contributed by atoms with Gasteiger partial charge in [-0.25, -0.2) is 9.78 Å². The average Bonchev–Trinajstić information content (AvgIpc) is 2.43. The van der Waals surface area contributed by atoms with E-state index in [2.05, 4.69) is 9.97 Å². The van der Waals surface area contributed by atoms with Crippen molar-refractivity contribution >= 4 is 29.2 Å². The van der Waals surface area contributed by atoms with Crippen LogP contribution in [0.2, 0.25) is 5.28 Å². The van der Waals surface area contributed by atoms with E-state index in [0.717, 1.165) is 25.9 Å². The van der Waals surface area contributed by atoms with Gasteiger partial charge in [-0.2, -0.15) is 4.98 Å². The van der Waals surface area contributed by atoms with E-state index in [1.165, 1.54) is 12.6 Å². The Labute approximate surface area is 136 Å². The summed E-state index contributed by atoms with van der Waals surface area (Å²) in [5.41, 5.74) is 10.5. The summed E-state index contributed by atoms with van der Waals surface area (Å²) in [4.78, 5) is 20.5. The Kier molecular flexibility index (Phi) is 6.67. The van der Waals surface area contributed by atoms with Gasteiger partial charge in [0.2, 0.25) is 5.28 Å². The second kappa shape index (κ2) is 8.03. The van der Waals surface area contributed by atoms with Gasteiger partial charge in [0.25, 0.3) is 0 Å². The van der Waals surface area contributed by atoms with Gasteiger partial charge in [-0.3, -0.25) is 0 Å². The van der Waals surface area contributed by atoms with Crippen molar-refractivity contribution in [3.8, 4) is 0 Å². The summed E-state index contributed by atoms with van der Waals surface area (Å²) in [6.45, 7) is 7.41. The van der Waals surface area contributed by atoms with Crippen molar-refractivity contribution in [1.29, 1.82) is 0 Å². The molecule has 8 heteroatoms. The molecule has 2 rings (SSSR count). The van der Waals surface area contributed by atoms with Crippen molar-refractivity contribution in [3.05, 3.63) is 11.5 Å². The molecule has 0 aliphatic carbocycles. The Morgan fingerprint density at radius 1 is 1.27 bits per heavy atom. The maximum atomic E-state index is 11.5. The third kappa shape index (κ3) is 6.80. The van der Waals surface area contributed by atoms with Crippen LogP contribution < -0.4 is 11.5 Å². The van der Waals surface area contributed by atoms with Gasteiger partial charge in [-0.05, 0) is 51.6 Å². The highest BCUT2D eigenvalue weighted by molar-refractivity contribution is 6.28. The molecule has 4 N–H and O–H groups in total. The topological polar surface area (TPSA) is 107 Å². The number of piperidine rings is 1. The number of rotatable bonds is 0. The van der Waals surface area contributed by atoms with Crippen LogP contribution in [0.1, 0.15) is 40.0 Å². The standard InChI is InChI=1S/C10H19NO2.C4H5ClN4/c1-10(2,3)13-9(12)11-7-5-4-6-8-11;5-4-8-1-2(6)3(7)9-4/h4-8H2,1-3H3;1H,6H2,(H2,7,8,9). The van der Waals surface area contributed by atoms with E-state index in [9.17, 15) is 4.79 Å². The SMILES string of the molecule is CC(C)(C)OC(=O)N1CCCCC1.Nc1cnc(Cl)nc1N. The van der Waals surface area contributed by atoms with Crippen molar-refractivity contribution in [2.45, 2.75) is 45.6 Å². The van der Waals surface area contributed by atoms with Gasteiger partial charge in [0, 0.05) is 13.1 Å². The highest BCUT2D eigenvalue weighted by Gasteiger charge is 2.22. The highest BCUT2D eigenvalue weighted by atomic mass is 35.5. The number of ether oxygens (including phenoxy) is 1. The molecule has 1 saturated heterocycles. The Morgan fingerprint density at radius 3 is 2.32 bits per heavy atom. The predicted octanol–water partition coefficient (Wildman–Crippen LogP) is 2.70. The van der Waals surface area contributed by atoms with Gasteiger partial charge in [-0.15, -0.1) is 0 Å². The van der Waals surface area contributed by atoms with E-state index < -0.39 is 0 Å². The van der Waals surface area contributed by atoms with Gasteiger partial charge in [0.05, 0.1) is 11.9 Å². The summed E-state index contributed by atoms with van der Waals surface area (Å²) in [6.07, 6.45) is 4.66. The lowest BCUT2D eigenvalue weighted by atomic mass is 10.1. The molecule has 2 heterocycles. The van der Waals surface area contributed by atoms with Gasteiger partial charge < -0.3 is 21.1 Å². The van der Waals surface area contributed by atoms with Gasteiger partial charge >= 0.3 is 6.09 Å². The number of hydrogen-bond donors (Lipinski definition) is 2. The molecule has 1 aromatic rings. The maximum Gasteiger partial charge on any atom is 0.410 e. The molecular weight excluding hydrogens is 306 g/mol. The van der Waals surface area contributed by atoms with E-state index >= 15 is 0 Å². The summed E-state index contributed by atoms with van der Waals surface area (Å²) < 4.78 is 5.26. The fourth-order valence-corrected chi connectivity index (χ4v) is 1.92. The fraction of sp³-hybridized carbons (Fsp3) is 0.643. The van der Waals surface area contributed by atoms with Crippen molar-refractivity contribution in [3.63, 3.8) is 0 Å². The Balaban J connectivity index is 0.000000235. The Bertz CT molecular complexity index is 498. The molecule has 1 aliphatic heterocycles. The number of halogens is 1. The Hall–Kier alpha value is -1.76. The maximum absolute atomic E-state index is 11.5. The molecule has 22 heavy (non-hydrogen) atoms. The number of carbonyl (C=O) groups is 1. The van der Waals surface area contributed by atoms with E-state index in [0.29, 0.717) is 5.69 Å². The van der Waals surface area contributed by atoms with E-state index in [4.69, 9.17) is 27.8 Å². The minimum Gasteiger partial charge on any atom is -0.444 e. The number of nitrogen functional groups attached to an aromatic ring is 2. The van der Waals surface area contributed by atoms with Gasteiger partial charge in [0.15, 0.2) is 5.82 Å². The zero-order valence-corrected chi connectivity index (χ0v) is 14.1. The van der Waals surface area contributed by atoms with Crippen LogP contribution in [-0.4, -0.2) is 39.7 Å². The normalized spacial score (nSPS) is 14.8. The summed E-state index contributed by atoms with van der Waals surface area (Å²) in [6, 6.07) is 0. The first-order valence-electron chi connectivity index (χ1n) is 7.20. The molecule has 0 spiro atoms. The summed E-state index contributed by atoms with van der Waals surface area (Å²) >= 11 is 5.36. The lowest BCUT2D eigenvalue weighted by molar-refractivity contribution is 0.0216. The second-order valence-electron chi connectivity index (χ2n) is 6.01. The average molecular weight is 330 g/mol. The van der Waals surface area contributed by atoms with Crippen molar-refractivity contribution in [2.24, 2.45) is 0 Å². The molecule has 0 bridgehead atoms. The lowest BCUT2D eigenvalue weighted by Gasteiger charge is -2.29. The van der Waals surface area contributed by atoms with Crippen LogP contribution in [0.25, 0.3) is 0 Å². The number of likely N-dealkylation sites (tertiary alicyclic amines) is 1. The molecule has 0 atom stereocenters. The molecule has 1 aliphatic rings. The molecule has 1 fully saturated rings. The van der Waals surface area contributed by atoms with Crippen LogP contribution >= 0.6 is 11.6 Å². The zero-order chi connectivity index (χ0) is 16.8. The molecule has 0 unspecified atom stereocenters. The number of anilines is 2. The highest BCUT2D eigenvalue weighted by Crippen LogP contribution is 2.14. The molecule has 1 amide bonds. The summed E-state index contributed by atoms with van der Waals surface area (Å²) in [5.74, 6) is 0.218. The number of carbonyl (C=O) groups excluding carboxylic acids is 1. The van der Waals surface area contributed by atoms with Crippen molar-refractivity contribution in [2.75, 3.05) is 24.6 Å². The van der Waals surface area contributed by atoms with Crippen LogP contribution in [-0.2, 0) is 4.74 Å². The fourth-order valence-electron chi connectivity index (χ4n) is 1.78. The van der Waals surface area contributed by atoms with Crippen LogP contribution in [0.4, 0.5) is 16.3 Å².